The van der Waals surface area contributed by atoms with E-state index in [1.807, 2.05) is 6.07 Å². The number of pyridine rings is 1. The van der Waals surface area contributed by atoms with Crippen molar-refractivity contribution >= 4 is 27.3 Å². The van der Waals surface area contributed by atoms with Gasteiger partial charge in [0, 0.05) is 36.1 Å². The minimum absolute atomic E-state index is 0.0564. The van der Waals surface area contributed by atoms with Crippen LogP contribution in [0.5, 0.6) is 0 Å². The van der Waals surface area contributed by atoms with Gasteiger partial charge >= 0.3 is 0 Å². The Morgan fingerprint density at radius 3 is 2.70 bits per heavy atom. The first-order valence-electron chi connectivity index (χ1n) is 8.22. The van der Waals surface area contributed by atoms with E-state index in [0.717, 1.165) is 5.56 Å². The van der Waals surface area contributed by atoms with Crippen LogP contribution in [-0.2, 0) is 22.9 Å². The molecule has 9 heteroatoms. The summed E-state index contributed by atoms with van der Waals surface area (Å²) in [5, 5.41) is 3.29. The summed E-state index contributed by atoms with van der Waals surface area (Å²) in [6, 6.07) is 10.4. The monoisotopic (exact) mass is 402 g/mol. The molecule has 138 valence electrons. The molecule has 0 fully saturated rings. The SMILES string of the molecule is O=C(NCc1cccnc1)c1c(-c2ccc(Cl)cc2)nc2n1CCS2(=O)=O. The number of rotatable bonds is 4. The van der Waals surface area contributed by atoms with Crippen LogP contribution in [0.25, 0.3) is 11.3 Å². The molecule has 1 amide bonds. The highest BCUT2D eigenvalue weighted by Gasteiger charge is 2.35. The van der Waals surface area contributed by atoms with E-state index >= 15 is 0 Å². The van der Waals surface area contributed by atoms with E-state index in [2.05, 4.69) is 15.3 Å². The van der Waals surface area contributed by atoms with Crippen molar-refractivity contribution in [1.29, 1.82) is 0 Å². The largest absolute Gasteiger partial charge is 0.347 e. The second kappa shape index (κ2) is 6.79. The minimum Gasteiger partial charge on any atom is -0.347 e. The highest BCUT2D eigenvalue weighted by molar-refractivity contribution is 7.91. The van der Waals surface area contributed by atoms with Crippen molar-refractivity contribution in [2.24, 2.45) is 0 Å². The van der Waals surface area contributed by atoms with Crippen LogP contribution in [0.1, 0.15) is 16.1 Å². The Kier molecular flexibility index (Phi) is 4.45. The average molecular weight is 403 g/mol. The number of sulfone groups is 1. The van der Waals surface area contributed by atoms with Crippen molar-refractivity contribution in [2.75, 3.05) is 5.75 Å². The molecule has 1 N–H and O–H groups in total. The smallest absolute Gasteiger partial charge is 0.270 e. The lowest BCUT2D eigenvalue weighted by molar-refractivity contribution is 0.0942. The van der Waals surface area contributed by atoms with Gasteiger partial charge in [0.2, 0.25) is 15.0 Å². The zero-order chi connectivity index (χ0) is 19.0. The number of carbonyl (C=O) groups excluding carboxylic acids is 1. The molecule has 7 nitrogen and oxygen atoms in total. The number of aromatic nitrogens is 3. The first kappa shape index (κ1) is 17.7. The quantitative estimate of drug-likeness (QED) is 0.722. The number of nitrogens with zero attached hydrogens (tertiary/aromatic N) is 3. The minimum atomic E-state index is -3.49. The summed E-state index contributed by atoms with van der Waals surface area (Å²) in [6.45, 7) is 0.480. The predicted octanol–water partition coefficient (Wildman–Crippen LogP) is 2.32. The lowest BCUT2D eigenvalue weighted by Gasteiger charge is -2.09. The van der Waals surface area contributed by atoms with Gasteiger partial charge in [0.15, 0.2) is 0 Å². The molecule has 0 bridgehead atoms. The van der Waals surface area contributed by atoms with E-state index in [1.54, 1.807) is 42.7 Å². The zero-order valence-corrected chi connectivity index (χ0v) is 15.7. The maximum atomic E-state index is 12.9. The fraction of sp³-hybridized carbons (Fsp3) is 0.167. The number of hydrogen-bond acceptors (Lipinski definition) is 5. The molecule has 1 aliphatic heterocycles. The first-order valence-corrected chi connectivity index (χ1v) is 10.2. The molecule has 2 aromatic heterocycles. The second-order valence-electron chi connectivity index (χ2n) is 6.11. The van der Waals surface area contributed by atoms with Gasteiger partial charge in [0.25, 0.3) is 5.91 Å². The summed E-state index contributed by atoms with van der Waals surface area (Å²) in [5.41, 5.74) is 2.03. The molecule has 27 heavy (non-hydrogen) atoms. The standard InChI is InChI=1S/C18H15ClN4O3S/c19-14-5-3-13(4-6-14)15-16(23-8-9-27(25,26)18(23)22-15)17(24)21-11-12-2-1-7-20-10-12/h1-7,10H,8-9,11H2,(H,21,24). The van der Waals surface area contributed by atoms with Gasteiger partial charge in [-0.15, -0.1) is 0 Å². The number of imidazole rings is 1. The van der Waals surface area contributed by atoms with Crippen LogP contribution in [0.2, 0.25) is 5.02 Å². The molecule has 3 heterocycles. The van der Waals surface area contributed by atoms with Crippen molar-refractivity contribution in [2.45, 2.75) is 18.2 Å². The van der Waals surface area contributed by atoms with Gasteiger partial charge in [-0.3, -0.25) is 9.78 Å². The van der Waals surface area contributed by atoms with Gasteiger partial charge in [0.05, 0.1) is 5.75 Å². The average Bonchev–Trinajstić information content (AvgIpc) is 3.19. The van der Waals surface area contributed by atoms with E-state index in [1.165, 1.54) is 4.57 Å². The fourth-order valence-corrected chi connectivity index (χ4v) is 4.47. The molecular formula is C18H15ClN4O3S. The van der Waals surface area contributed by atoms with Crippen molar-refractivity contribution in [3.05, 3.63) is 65.1 Å². The van der Waals surface area contributed by atoms with Crippen LogP contribution in [-0.4, -0.2) is 34.6 Å². The molecular weight excluding hydrogens is 388 g/mol. The van der Waals surface area contributed by atoms with Crippen molar-refractivity contribution in [3.8, 4) is 11.3 Å². The lowest BCUT2D eigenvalue weighted by atomic mass is 10.1. The number of nitrogens with one attached hydrogen (secondary N) is 1. The second-order valence-corrected chi connectivity index (χ2v) is 8.55. The Hall–Kier alpha value is -2.71. The number of amides is 1. The summed E-state index contributed by atoms with van der Waals surface area (Å²) < 4.78 is 26.0. The first-order chi connectivity index (χ1) is 13.0. The number of halogens is 1. The molecule has 0 saturated heterocycles. The molecule has 0 unspecified atom stereocenters. The molecule has 0 aliphatic carbocycles. The van der Waals surface area contributed by atoms with Gasteiger partial charge in [0.1, 0.15) is 11.4 Å². The normalized spacial score (nSPS) is 14.7. The highest BCUT2D eigenvalue weighted by Crippen LogP contribution is 2.30. The van der Waals surface area contributed by atoms with Gasteiger partial charge < -0.3 is 9.88 Å². The Labute approximate surface area is 160 Å². The molecule has 0 saturated carbocycles. The van der Waals surface area contributed by atoms with Crippen LogP contribution < -0.4 is 5.32 Å². The topological polar surface area (TPSA) is 93.9 Å². The summed E-state index contributed by atoms with van der Waals surface area (Å²) >= 11 is 5.93. The number of carbonyl (C=O) groups is 1. The van der Waals surface area contributed by atoms with Crippen molar-refractivity contribution in [3.63, 3.8) is 0 Å². The van der Waals surface area contributed by atoms with E-state index in [4.69, 9.17) is 11.6 Å². The van der Waals surface area contributed by atoms with Gasteiger partial charge in [-0.2, -0.15) is 0 Å². The maximum absolute atomic E-state index is 12.9. The highest BCUT2D eigenvalue weighted by atomic mass is 35.5. The summed E-state index contributed by atoms with van der Waals surface area (Å²) in [6.07, 6.45) is 3.31. The molecule has 1 aliphatic rings. The van der Waals surface area contributed by atoms with Crippen LogP contribution >= 0.6 is 11.6 Å². The van der Waals surface area contributed by atoms with Gasteiger partial charge in [-0.25, -0.2) is 13.4 Å². The molecule has 0 radical (unpaired) electrons. The molecule has 4 rings (SSSR count). The Morgan fingerprint density at radius 2 is 2.00 bits per heavy atom. The third-order valence-corrected chi connectivity index (χ3v) is 6.14. The summed E-state index contributed by atoms with van der Waals surface area (Å²) in [7, 11) is -3.49. The van der Waals surface area contributed by atoms with Crippen LogP contribution in [0.4, 0.5) is 0 Å². The summed E-state index contributed by atoms with van der Waals surface area (Å²) in [5.74, 6) is -0.446. The Balaban J connectivity index is 1.74. The van der Waals surface area contributed by atoms with E-state index in [0.29, 0.717) is 16.3 Å². The van der Waals surface area contributed by atoms with Crippen LogP contribution in [0.15, 0.2) is 53.9 Å². The molecule has 1 aromatic carbocycles. The number of benzene rings is 1. The summed E-state index contributed by atoms with van der Waals surface area (Å²) in [4.78, 5) is 21.2. The van der Waals surface area contributed by atoms with Crippen LogP contribution in [0, 0.1) is 0 Å². The molecule has 0 spiro atoms. The van der Waals surface area contributed by atoms with Crippen molar-refractivity contribution < 1.29 is 13.2 Å². The van der Waals surface area contributed by atoms with Gasteiger partial charge in [-0.05, 0) is 23.8 Å². The molecule has 0 atom stereocenters. The Morgan fingerprint density at radius 1 is 1.22 bits per heavy atom. The van der Waals surface area contributed by atoms with E-state index in [-0.39, 0.29) is 35.6 Å². The fourth-order valence-electron chi connectivity index (χ4n) is 2.99. The van der Waals surface area contributed by atoms with E-state index < -0.39 is 9.84 Å². The lowest BCUT2D eigenvalue weighted by Crippen LogP contribution is -2.26. The third-order valence-electron chi connectivity index (χ3n) is 4.30. The predicted molar refractivity (Wildman–Crippen MR) is 100 cm³/mol. The van der Waals surface area contributed by atoms with Gasteiger partial charge in [-0.1, -0.05) is 29.8 Å². The van der Waals surface area contributed by atoms with Crippen LogP contribution in [0.3, 0.4) is 0 Å². The third kappa shape index (κ3) is 3.33. The Bertz CT molecular complexity index is 1110. The van der Waals surface area contributed by atoms with E-state index in [9.17, 15) is 13.2 Å². The zero-order valence-electron chi connectivity index (χ0n) is 14.1. The number of fused-ring (bicyclic) bond motifs is 1. The maximum Gasteiger partial charge on any atom is 0.270 e. The molecule has 3 aromatic rings. The number of hydrogen-bond donors (Lipinski definition) is 1. The van der Waals surface area contributed by atoms with Crippen molar-refractivity contribution in [1.82, 2.24) is 19.9 Å².